The molecule has 3 saturated heterocycles. The SMILES string of the molecule is O=C(N1CCS(=O)(=O)CC1)N(Cc1ccc(-c2nnc(C(F)(F)F)o2)cc1F)c1ccc(CN2CCN(C3COC3)CC2)cc1. The summed E-state index contributed by atoms with van der Waals surface area (Å²) in [5.41, 5.74) is 1.57. The first kappa shape index (κ1) is 31.4. The van der Waals surface area contributed by atoms with Crippen LogP contribution in [-0.4, -0.2) is 109 Å². The second kappa shape index (κ2) is 12.7. The Kier molecular flexibility index (Phi) is 8.83. The predicted molar refractivity (Wildman–Crippen MR) is 154 cm³/mol. The van der Waals surface area contributed by atoms with Crippen LogP contribution >= 0.6 is 0 Å². The van der Waals surface area contributed by atoms with Crippen molar-refractivity contribution in [2.75, 3.05) is 68.9 Å². The van der Waals surface area contributed by atoms with Crippen LogP contribution < -0.4 is 4.90 Å². The molecular weight excluding hydrogens is 620 g/mol. The number of nitrogens with zero attached hydrogens (tertiary/aromatic N) is 6. The van der Waals surface area contributed by atoms with Gasteiger partial charge in [-0.3, -0.25) is 14.7 Å². The molecule has 0 radical (unpaired) electrons. The molecule has 0 saturated carbocycles. The molecule has 0 unspecified atom stereocenters. The molecule has 242 valence electrons. The Morgan fingerprint density at radius 2 is 1.64 bits per heavy atom. The Morgan fingerprint density at radius 3 is 2.22 bits per heavy atom. The number of urea groups is 1. The zero-order chi connectivity index (χ0) is 31.8. The molecule has 16 heteroatoms. The zero-order valence-corrected chi connectivity index (χ0v) is 25.1. The number of aromatic nitrogens is 2. The molecule has 0 spiro atoms. The van der Waals surface area contributed by atoms with Crippen molar-refractivity contribution in [1.82, 2.24) is 24.9 Å². The maximum atomic E-state index is 15.3. The van der Waals surface area contributed by atoms with Gasteiger partial charge in [-0.25, -0.2) is 17.6 Å². The van der Waals surface area contributed by atoms with Crippen LogP contribution in [0.15, 0.2) is 46.9 Å². The van der Waals surface area contributed by atoms with Gasteiger partial charge in [0.15, 0.2) is 9.84 Å². The summed E-state index contributed by atoms with van der Waals surface area (Å²) in [6.45, 7) is 5.92. The molecule has 4 heterocycles. The van der Waals surface area contributed by atoms with Gasteiger partial charge in [0.25, 0.3) is 0 Å². The van der Waals surface area contributed by atoms with E-state index in [0.717, 1.165) is 57.6 Å². The number of amides is 2. The molecule has 11 nitrogen and oxygen atoms in total. The van der Waals surface area contributed by atoms with Gasteiger partial charge in [0.05, 0.1) is 37.3 Å². The van der Waals surface area contributed by atoms with Crippen molar-refractivity contribution in [3.05, 3.63) is 65.3 Å². The van der Waals surface area contributed by atoms with E-state index in [0.29, 0.717) is 11.7 Å². The van der Waals surface area contributed by atoms with E-state index in [1.807, 2.05) is 12.1 Å². The number of piperazine rings is 1. The molecule has 2 aromatic carbocycles. The quantitative estimate of drug-likeness (QED) is 0.355. The van der Waals surface area contributed by atoms with Crippen molar-refractivity contribution in [1.29, 1.82) is 0 Å². The Balaban J connectivity index is 1.18. The molecular formula is C29H32F4N6O5S. The minimum Gasteiger partial charge on any atom is -0.413 e. The number of carbonyl (C=O) groups is 1. The van der Waals surface area contributed by atoms with Crippen LogP contribution in [0.1, 0.15) is 17.0 Å². The smallest absolute Gasteiger partial charge is 0.413 e. The molecule has 45 heavy (non-hydrogen) atoms. The zero-order valence-electron chi connectivity index (χ0n) is 24.2. The minimum atomic E-state index is -4.84. The lowest BCUT2D eigenvalue weighted by Gasteiger charge is -2.42. The average Bonchev–Trinajstić information content (AvgIpc) is 3.48. The van der Waals surface area contributed by atoms with Gasteiger partial charge >= 0.3 is 18.1 Å². The van der Waals surface area contributed by atoms with E-state index in [9.17, 15) is 26.4 Å². The van der Waals surface area contributed by atoms with E-state index < -0.39 is 39.6 Å². The number of benzene rings is 2. The fourth-order valence-electron chi connectivity index (χ4n) is 5.54. The molecule has 1 aromatic heterocycles. The molecule has 0 N–H and O–H groups in total. The monoisotopic (exact) mass is 652 g/mol. The number of alkyl halides is 3. The predicted octanol–water partition coefficient (Wildman–Crippen LogP) is 3.27. The van der Waals surface area contributed by atoms with Crippen LogP contribution in [0.2, 0.25) is 0 Å². The topological polar surface area (TPSA) is 112 Å². The summed E-state index contributed by atoms with van der Waals surface area (Å²) in [7, 11) is -3.25. The summed E-state index contributed by atoms with van der Waals surface area (Å²) in [5, 5.41) is 6.34. The first-order chi connectivity index (χ1) is 21.4. The number of hydrogen-bond acceptors (Lipinski definition) is 9. The summed E-state index contributed by atoms with van der Waals surface area (Å²) < 4.78 is 87.9. The number of halogens is 4. The van der Waals surface area contributed by atoms with Crippen LogP contribution in [0.3, 0.4) is 0 Å². The normalized spacial score (nSPS) is 19.8. The van der Waals surface area contributed by atoms with Gasteiger partial charge < -0.3 is 14.1 Å². The summed E-state index contributed by atoms with van der Waals surface area (Å²) in [5.74, 6) is -3.16. The van der Waals surface area contributed by atoms with Crippen LogP contribution in [0.5, 0.6) is 0 Å². The standard InChI is InChI=1S/C29H32F4N6O5S/c30-25-15-21(26-34-35-27(44-26)29(31,32)33)3-4-22(25)17-39(28(40)38-11-13-45(41,42)14-12-38)23-5-1-20(2-6-23)16-36-7-9-37(10-8-36)24-18-43-19-24/h1-6,15,24H,7-14,16-19H2. The average molecular weight is 653 g/mol. The first-order valence-electron chi connectivity index (χ1n) is 14.5. The van der Waals surface area contributed by atoms with Gasteiger partial charge in [-0.1, -0.05) is 18.2 Å². The number of ether oxygens (including phenoxy) is 1. The maximum absolute atomic E-state index is 15.3. The van der Waals surface area contributed by atoms with E-state index in [4.69, 9.17) is 4.74 Å². The highest BCUT2D eigenvalue weighted by Crippen LogP contribution is 2.31. The van der Waals surface area contributed by atoms with Crippen LogP contribution in [-0.2, 0) is 33.8 Å². The second-order valence-corrected chi connectivity index (χ2v) is 13.7. The second-order valence-electron chi connectivity index (χ2n) is 11.4. The molecule has 3 fully saturated rings. The van der Waals surface area contributed by atoms with Crippen LogP contribution in [0.25, 0.3) is 11.5 Å². The lowest BCUT2D eigenvalue weighted by atomic mass is 10.1. The van der Waals surface area contributed by atoms with Gasteiger partial charge in [0.2, 0.25) is 5.89 Å². The Morgan fingerprint density at radius 1 is 0.956 bits per heavy atom. The molecule has 3 aromatic rings. The van der Waals surface area contributed by atoms with Crippen molar-refractivity contribution in [2.45, 2.75) is 25.3 Å². The van der Waals surface area contributed by atoms with Crippen LogP contribution in [0.4, 0.5) is 28.0 Å². The molecule has 6 rings (SSSR count). The molecule has 3 aliphatic heterocycles. The third kappa shape index (κ3) is 7.29. The fourth-order valence-corrected chi connectivity index (χ4v) is 6.74. The highest BCUT2D eigenvalue weighted by Gasteiger charge is 2.38. The third-order valence-electron chi connectivity index (χ3n) is 8.34. The van der Waals surface area contributed by atoms with Crippen molar-refractivity contribution in [3.8, 4) is 11.5 Å². The van der Waals surface area contributed by atoms with Gasteiger partial charge in [0.1, 0.15) is 5.82 Å². The number of anilines is 1. The lowest BCUT2D eigenvalue weighted by Crippen LogP contribution is -2.56. The van der Waals surface area contributed by atoms with Gasteiger partial charge in [-0.05, 0) is 29.8 Å². The van der Waals surface area contributed by atoms with E-state index >= 15 is 4.39 Å². The molecule has 0 aliphatic carbocycles. The minimum absolute atomic E-state index is 0.00876. The highest BCUT2D eigenvalue weighted by atomic mass is 32.2. The van der Waals surface area contributed by atoms with Crippen molar-refractivity contribution >= 4 is 21.6 Å². The first-order valence-corrected chi connectivity index (χ1v) is 16.4. The third-order valence-corrected chi connectivity index (χ3v) is 9.95. The number of carbonyl (C=O) groups excluding carboxylic acids is 1. The lowest BCUT2D eigenvalue weighted by molar-refractivity contribution is -0.156. The molecule has 3 aliphatic rings. The highest BCUT2D eigenvalue weighted by molar-refractivity contribution is 7.91. The van der Waals surface area contributed by atoms with Gasteiger partial charge in [-0.2, -0.15) is 13.2 Å². The van der Waals surface area contributed by atoms with E-state index in [-0.39, 0.29) is 42.3 Å². The summed E-state index contributed by atoms with van der Waals surface area (Å²) in [6.07, 6.45) is -4.84. The van der Waals surface area contributed by atoms with E-state index in [1.165, 1.54) is 21.9 Å². The summed E-state index contributed by atoms with van der Waals surface area (Å²) >= 11 is 0. The number of sulfone groups is 1. The van der Waals surface area contributed by atoms with Crippen LogP contribution in [0, 0.1) is 5.82 Å². The Labute approximate surface area is 257 Å². The van der Waals surface area contributed by atoms with E-state index in [2.05, 4.69) is 24.4 Å². The van der Waals surface area contributed by atoms with Gasteiger partial charge in [-0.15, -0.1) is 10.2 Å². The maximum Gasteiger partial charge on any atom is 0.470 e. The Bertz CT molecular complexity index is 1610. The van der Waals surface area contributed by atoms with Crippen molar-refractivity contribution in [3.63, 3.8) is 0 Å². The van der Waals surface area contributed by atoms with Gasteiger partial charge in [0, 0.05) is 62.6 Å². The van der Waals surface area contributed by atoms with E-state index in [1.54, 1.807) is 12.1 Å². The number of rotatable bonds is 7. The fraction of sp³-hybridized carbons (Fsp3) is 0.483. The summed E-state index contributed by atoms with van der Waals surface area (Å²) in [4.78, 5) is 21.3. The molecule has 2 amide bonds. The largest absolute Gasteiger partial charge is 0.470 e. The van der Waals surface area contributed by atoms with Crippen molar-refractivity contribution in [2.24, 2.45) is 0 Å². The number of hydrogen-bond donors (Lipinski definition) is 0. The Hall–Kier alpha value is -3.60. The molecule has 0 atom stereocenters. The molecule has 0 bridgehead atoms. The summed E-state index contributed by atoms with van der Waals surface area (Å²) in [6, 6.07) is 11.1. The van der Waals surface area contributed by atoms with Crippen molar-refractivity contribution < 1.29 is 39.9 Å².